The standard InChI is InChI=1S/C16H16FN5.ClH/c17-12-3-1-2-11(8-12)13-9-19-16-14(10-20-21-16)15(13)22-6-4-18-5-7-22;/h1-3,8-10,18H,4-7H2,(H,19,20,21);1H. The minimum absolute atomic E-state index is 0. The number of H-pyrrole nitrogens is 1. The van der Waals surface area contributed by atoms with Gasteiger partial charge in [-0.1, -0.05) is 12.1 Å². The Kier molecular flexibility index (Phi) is 4.45. The monoisotopic (exact) mass is 333 g/mol. The Labute approximate surface area is 139 Å². The molecule has 2 N–H and O–H groups in total. The van der Waals surface area contributed by atoms with Crippen LogP contribution in [0.2, 0.25) is 0 Å². The summed E-state index contributed by atoms with van der Waals surface area (Å²) in [5.74, 6) is -0.240. The van der Waals surface area contributed by atoms with Gasteiger partial charge in [-0.2, -0.15) is 5.10 Å². The molecule has 0 amide bonds. The maximum Gasteiger partial charge on any atom is 0.157 e. The Hall–Kier alpha value is -2.18. The van der Waals surface area contributed by atoms with Crippen molar-refractivity contribution < 1.29 is 4.39 Å². The Morgan fingerprint density at radius 3 is 2.74 bits per heavy atom. The van der Waals surface area contributed by atoms with Crippen LogP contribution in [0.15, 0.2) is 36.7 Å². The molecule has 5 nitrogen and oxygen atoms in total. The summed E-state index contributed by atoms with van der Waals surface area (Å²) in [5, 5.41) is 11.3. The lowest BCUT2D eigenvalue weighted by molar-refractivity contribution is 0.590. The molecule has 0 saturated carbocycles. The molecule has 1 aromatic carbocycles. The number of rotatable bonds is 2. The van der Waals surface area contributed by atoms with Crippen LogP contribution in [0.5, 0.6) is 0 Å². The molecule has 0 atom stereocenters. The number of halogens is 2. The number of nitrogens with one attached hydrogen (secondary N) is 2. The quantitative estimate of drug-likeness (QED) is 0.757. The Morgan fingerprint density at radius 1 is 1.13 bits per heavy atom. The first-order valence-corrected chi connectivity index (χ1v) is 7.36. The van der Waals surface area contributed by atoms with E-state index in [9.17, 15) is 4.39 Å². The lowest BCUT2D eigenvalue weighted by atomic mass is 10.0. The molecule has 4 rings (SSSR count). The van der Waals surface area contributed by atoms with Crippen LogP contribution in [-0.4, -0.2) is 41.4 Å². The first-order valence-electron chi connectivity index (χ1n) is 7.36. The number of anilines is 1. The summed E-state index contributed by atoms with van der Waals surface area (Å²) >= 11 is 0. The number of nitrogens with zero attached hydrogens (tertiary/aromatic N) is 3. The number of fused-ring (bicyclic) bond motifs is 1. The van der Waals surface area contributed by atoms with Crippen LogP contribution in [0.25, 0.3) is 22.2 Å². The molecule has 2 aromatic heterocycles. The maximum atomic E-state index is 13.6. The van der Waals surface area contributed by atoms with E-state index in [2.05, 4.69) is 25.4 Å². The number of piperazine rings is 1. The lowest BCUT2D eigenvalue weighted by Crippen LogP contribution is -2.43. The van der Waals surface area contributed by atoms with Gasteiger partial charge in [0.05, 0.1) is 17.3 Å². The molecule has 0 spiro atoms. The van der Waals surface area contributed by atoms with Crippen LogP contribution in [0, 0.1) is 5.82 Å². The molecule has 120 valence electrons. The van der Waals surface area contributed by atoms with Crippen LogP contribution < -0.4 is 10.2 Å². The summed E-state index contributed by atoms with van der Waals surface area (Å²) in [6, 6.07) is 6.65. The van der Waals surface area contributed by atoms with Crippen molar-refractivity contribution in [2.45, 2.75) is 0 Å². The first kappa shape index (κ1) is 15.7. The summed E-state index contributed by atoms with van der Waals surface area (Å²) in [4.78, 5) is 6.74. The van der Waals surface area contributed by atoms with E-state index < -0.39 is 0 Å². The van der Waals surface area contributed by atoms with E-state index in [4.69, 9.17) is 0 Å². The highest BCUT2D eigenvalue weighted by Gasteiger charge is 2.20. The third-order valence-electron chi connectivity index (χ3n) is 4.02. The molecule has 1 fully saturated rings. The van der Waals surface area contributed by atoms with Crippen molar-refractivity contribution in [2.75, 3.05) is 31.1 Å². The van der Waals surface area contributed by atoms with Gasteiger partial charge in [-0.3, -0.25) is 5.10 Å². The number of benzene rings is 1. The van der Waals surface area contributed by atoms with Gasteiger partial charge in [-0.05, 0) is 17.7 Å². The SMILES string of the molecule is Cl.Fc1cccc(-c2cnc3[nH]ncc3c2N2CCNCC2)c1. The third kappa shape index (κ3) is 2.87. The number of pyridine rings is 1. The van der Waals surface area contributed by atoms with Crippen molar-refractivity contribution in [1.82, 2.24) is 20.5 Å². The molecular weight excluding hydrogens is 317 g/mol. The highest BCUT2D eigenvalue weighted by molar-refractivity contribution is 5.98. The van der Waals surface area contributed by atoms with Crippen LogP contribution in [0.4, 0.5) is 10.1 Å². The van der Waals surface area contributed by atoms with Gasteiger partial charge >= 0.3 is 0 Å². The van der Waals surface area contributed by atoms with Gasteiger partial charge in [0, 0.05) is 37.9 Å². The van der Waals surface area contributed by atoms with Gasteiger partial charge in [-0.25, -0.2) is 9.37 Å². The van der Waals surface area contributed by atoms with Crippen molar-refractivity contribution in [3.05, 3.63) is 42.5 Å². The lowest BCUT2D eigenvalue weighted by Gasteiger charge is -2.31. The van der Waals surface area contributed by atoms with E-state index in [1.165, 1.54) is 6.07 Å². The molecule has 1 saturated heterocycles. The summed E-state index contributed by atoms with van der Waals surface area (Å²) in [7, 11) is 0. The number of hydrogen-bond donors (Lipinski definition) is 2. The zero-order valence-corrected chi connectivity index (χ0v) is 13.2. The van der Waals surface area contributed by atoms with E-state index >= 15 is 0 Å². The van der Waals surface area contributed by atoms with E-state index in [-0.39, 0.29) is 18.2 Å². The van der Waals surface area contributed by atoms with Crippen molar-refractivity contribution in [2.24, 2.45) is 0 Å². The molecule has 1 aliphatic heterocycles. The zero-order chi connectivity index (χ0) is 14.9. The summed E-state index contributed by atoms with van der Waals surface area (Å²) < 4.78 is 13.6. The average molecular weight is 334 g/mol. The normalized spacial score (nSPS) is 14.7. The fourth-order valence-electron chi connectivity index (χ4n) is 2.98. The van der Waals surface area contributed by atoms with Gasteiger partial charge in [0.15, 0.2) is 5.65 Å². The molecule has 1 aliphatic rings. The minimum atomic E-state index is -0.240. The molecule has 23 heavy (non-hydrogen) atoms. The van der Waals surface area contributed by atoms with Crippen LogP contribution in [0.3, 0.4) is 0 Å². The smallest absolute Gasteiger partial charge is 0.157 e. The molecule has 0 radical (unpaired) electrons. The van der Waals surface area contributed by atoms with Crippen LogP contribution in [0.1, 0.15) is 0 Å². The molecule has 7 heteroatoms. The van der Waals surface area contributed by atoms with Crippen molar-refractivity contribution in [3.8, 4) is 11.1 Å². The Balaban J connectivity index is 0.00000156. The largest absolute Gasteiger partial charge is 0.368 e. The van der Waals surface area contributed by atoms with Crippen LogP contribution in [-0.2, 0) is 0 Å². The minimum Gasteiger partial charge on any atom is -0.368 e. The van der Waals surface area contributed by atoms with Gasteiger partial charge in [0.1, 0.15) is 5.82 Å². The molecule has 0 aliphatic carbocycles. The second-order valence-corrected chi connectivity index (χ2v) is 5.40. The first-order chi connectivity index (χ1) is 10.8. The summed E-state index contributed by atoms with van der Waals surface area (Å²) in [6.45, 7) is 3.69. The van der Waals surface area contributed by atoms with E-state index in [0.29, 0.717) is 0 Å². The van der Waals surface area contributed by atoms with E-state index in [0.717, 1.165) is 54.0 Å². The predicted octanol–water partition coefficient (Wildman–Crippen LogP) is 2.60. The highest BCUT2D eigenvalue weighted by Crippen LogP contribution is 2.36. The molecule has 0 bridgehead atoms. The Morgan fingerprint density at radius 2 is 1.96 bits per heavy atom. The second kappa shape index (κ2) is 6.52. The van der Waals surface area contributed by atoms with Gasteiger partial charge < -0.3 is 10.2 Å². The zero-order valence-electron chi connectivity index (χ0n) is 12.4. The Bertz CT molecular complexity index is 813. The van der Waals surface area contributed by atoms with Gasteiger partial charge in [0.2, 0.25) is 0 Å². The molecule has 0 unspecified atom stereocenters. The van der Waals surface area contributed by atoms with Crippen molar-refractivity contribution >= 4 is 29.1 Å². The highest BCUT2D eigenvalue weighted by atomic mass is 35.5. The molecule has 3 aromatic rings. The molecule has 3 heterocycles. The number of hydrogen-bond acceptors (Lipinski definition) is 4. The number of aromatic nitrogens is 3. The molecular formula is C16H17ClFN5. The third-order valence-corrected chi connectivity index (χ3v) is 4.02. The maximum absolute atomic E-state index is 13.6. The average Bonchev–Trinajstić information content (AvgIpc) is 3.03. The van der Waals surface area contributed by atoms with E-state index in [1.54, 1.807) is 24.5 Å². The fourth-order valence-corrected chi connectivity index (χ4v) is 2.98. The fraction of sp³-hybridized carbons (Fsp3) is 0.250. The number of aromatic amines is 1. The predicted molar refractivity (Wildman–Crippen MR) is 91.6 cm³/mol. The van der Waals surface area contributed by atoms with Crippen LogP contribution >= 0.6 is 12.4 Å². The van der Waals surface area contributed by atoms with Gasteiger partial charge in [-0.15, -0.1) is 12.4 Å². The van der Waals surface area contributed by atoms with Crippen molar-refractivity contribution in [3.63, 3.8) is 0 Å². The van der Waals surface area contributed by atoms with Gasteiger partial charge in [0.25, 0.3) is 0 Å². The van der Waals surface area contributed by atoms with E-state index in [1.807, 2.05) is 6.07 Å². The summed E-state index contributed by atoms with van der Waals surface area (Å²) in [6.07, 6.45) is 3.59. The topological polar surface area (TPSA) is 56.8 Å². The second-order valence-electron chi connectivity index (χ2n) is 5.40. The summed E-state index contributed by atoms with van der Waals surface area (Å²) in [5.41, 5.74) is 3.61. The van der Waals surface area contributed by atoms with Crippen molar-refractivity contribution in [1.29, 1.82) is 0 Å².